The lowest BCUT2D eigenvalue weighted by Gasteiger charge is -2.43. The zero-order valence-corrected chi connectivity index (χ0v) is 24.1. The fourth-order valence-corrected chi connectivity index (χ4v) is 4.06. The summed E-state index contributed by atoms with van der Waals surface area (Å²) >= 11 is 1.50. The van der Waals surface area contributed by atoms with E-state index in [2.05, 4.69) is 15.4 Å². The summed E-state index contributed by atoms with van der Waals surface area (Å²) in [5.74, 6) is -1.48. The Morgan fingerprint density at radius 2 is 1.73 bits per heavy atom. The van der Waals surface area contributed by atoms with Crippen molar-refractivity contribution < 1.29 is 33.8 Å². The molecule has 1 aromatic rings. The van der Waals surface area contributed by atoms with Gasteiger partial charge in [-0.15, -0.1) is 0 Å². The number of carbonyl (C=O) groups excluding carboxylic acids is 4. The summed E-state index contributed by atoms with van der Waals surface area (Å²) in [7, 11) is 1.20. The number of rotatable bonds is 10. The second kappa shape index (κ2) is 13.6. The lowest BCUT2D eigenvalue weighted by atomic mass is 9.93. The number of methoxy groups -OCH3 is 1. The molecule has 10 nitrogen and oxygen atoms in total. The van der Waals surface area contributed by atoms with Gasteiger partial charge in [-0.25, -0.2) is 4.79 Å². The molecule has 0 aromatic heterocycles. The van der Waals surface area contributed by atoms with Crippen LogP contribution in [0.4, 0.5) is 4.79 Å². The largest absolute Gasteiger partial charge is 0.507 e. The van der Waals surface area contributed by atoms with E-state index < -0.39 is 53.6 Å². The molecule has 0 aliphatic heterocycles. The second-order valence-electron chi connectivity index (χ2n) is 10.6. The fourth-order valence-electron chi connectivity index (χ4n) is 3.58. The van der Waals surface area contributed by atoms with Gasteiger partial charge in [0, 0.05) is 11.1 Å². The molecule has 3 N–H and O–H groups in total. The predicted octanol–water partition coefficient (Wildman–Crippen LogP) is 3.30. The molecule has 1 rings (SSSR count). The molecule has 0 heterocycles. The van der Waals surface area contributed by atoms with E-state index in [1.807, 2.05) is 6.26 Å². The third-order valence-corrected chi connectivity index (χ3v) is 5.91. The van der Waals surface area contributed by atoms with E-state index in [1.54, 1.807) is 66.7 Å². The summed E-state index contributed by atoms with van der Waals surface area (Å²) < 4.78 is 9.99. The van der Waals surface area contributed by atoms with Crippen molar-refractivity contribution in [1.29, 1.82) is 0 Å². The van der Waals surface area contributed by atoms with Gasteiger partial charge in [-0.3, -0.25) is 14.4 Å². The average Bonchev–Trinajstić information content (AvgIpc) is 2.77. The highest BCUT2D eigenvalue weighted by molar-refractivity contribution is 7.98. The number of phenols is 1. The highest BCUT2D eigenvalue weighted by Gasteiger charge is 2.43. The number of phenolic OH excluding ortho intramolecular Hbond substituents is 1. The summed E-state index contributed by atoms with van der Waals surface area (Å²) in [6.07, 6.45) is 1.40. The Balaban J connectivity index is 3.61. The standard InChI is InChI=1S/C26H41N3O7S/c1-16-11-10-12-17(21(16)31)20(22(32)27-15-19(30)35-8)29(25(2,3)4)23(33)18(13-14-37-9)28-24(34)36-26(5,6)7/h10-12,18,20,31H,13-15H2,1-9H3,(H,27,32)(H,28,34). The van der Waals surface area contributed by atoms with Crippen LogP contribution in [-0.4, -0.2) is 76.7 Å². The Labute approximate surface area is 223 Å². The highest BCUT2D eigenvalue weighted by atomic mass is 32.2. The van der Waals surface area contributed by atoms with Gasteiger partial charge in [-0.2, -0.15) is 11.8 Å². The van der Waals surface area contributed by atoms with Crippen LogP contribution in [0.25, 0.3) is 0 Å². The number of nitrogens with one attached hydrogen (secondary N) is 2. The number of ether oxygens (including phenoxy) is 2. The number of carbonyl (C=O) groups is 4. The number of alkyl carbamates (subject to hydrolysis) is 1. The molecule has 1 aromatic carbocycles. The van der Waals surface area contributed by atoms with Crippen molar-refractivity contribution in [3.8, 4) is 5.75 Å². The summed E-state index contributed by atoms with van der Waals surface area (Å²) in [4.78, 5) is 53.3. The Hall–Kier alpha value is -2.95. The number of benzene rings is 1. The highest BCUT2D eigenvalue weighted by Crippen LogP contribution is 2.36. The molecule has 0 saturated heterocycles. The zero-order valence-electron chi connectivity index (χ0n) is 23.3. The first-order chi connectivity index (χ1) is 17.0. The topological polar surface area (TPSA) is 134 Å². The van der Waals surface area contributed by atoms with Gasteiger partial charge < -0.3 is 30.1 Å². The van der Waals surface area contributed by atoms with Crippen LogP contribution in [0.1, 0.15) is 65.1 Å². The van der Waals surface area contributed by atoms with E-state index in [0.29, 0.717) is 11.3 Å². The van der Waals surface area contributed by atoms with Gasteiger partial charge in [0.1, 0.15) is 30.0 Å². The molecule has 11 heteroatoms. The Morgan fingerprint density at radius 1 is 1.11 bits per heavy atom. The van der Waals surface area contributed by atoms with Gasteiger partial charge in [-0.05, 0) is 72.5 Å². The summed E-state index contributed by atoms with van der Waals surface area (Å²) in [5, 5.41) is 16.0. The molecule has 0 aliphatic rings. The van der Waals surface area contributed by atoms with Gasteiger partial charge in [-0.1, -0.05) is 18.2 Å². The van der Waals surface area contributed by atoms with Gasteiger partial charge in [0.25, 0.3) is 0 Å². The third kappa shape index (κ3) is 9.79. The van der Waals surface area contributed by atoms with Crippen molar-refractivity contribution in [3.05, 3.63) is 29.3 Å². The van der Waals surface area contributed by atoms with Crippen molar-refractivity contribution in [2.45, 2.75) is 78.1 Å². The van der Waals surface area contributed by atoms with Crippen LogP contribution < -0.4 is 10.6 Å². The van der Waals surface area contributed by atoms with Crippen molar-refractivity contribution >= 4 is 35.6 Å². The molecule has 2 unspecified atom stereocenters. The quantitative estimate of drug-likeness (QED) is 0.386. The summed E-state index contributed by atoms with van der Waals surface area (Å²) in [5.41, 5.74) is -1.01. The number of esters is 1. The molecule has 0 spiro atoms. The molecule has 0 radical (unpaired) electrons. The molecule has 208 valence electrons. The monoisotopic (exact) mass is 539 g/mol. The second-order valence-corrected chi connectivity index (χ2v) is 11.6. The van der Waals surface area contributed by atoms with E-state index in [-0.39, 0.29) is 17.7 Å². The van der Waals surface area contributed by atoms with Crippen molar-refractivity contribution in [1.82, 2.24) is 15.5 Å². The van der Waals surface area contributed by atoms with Crippen LogP contribution >= 0.6 is 11.8 Å². The number of hydrogen-bond acceptors (Lipinski definition) is 8. The van der Waals surface area contributed by atoms with E-state index in [9.17, 15) is 24.3 Å². The van der Waals surface area contributed by atoms with Gasteiger partial charge in [0.05, 0.1) is 7.11 Å². The lowest BCUT2D eigenvalue weighted by molar-refractivity contribution is -0.149. The summed E-state index contributed by atoms with van der Waals surface area (Å²) in [6, 6.07) is 2.57. The third-order valence-electron chi connectivity index (χ3n) is 5.26. The van der Waals surface area contributed by atoms with E-state index in [4.69, 9.17) is 4.74 Å². The molecular formula is C26H41N3O7S. The van der Waals surface area contributed by atoms with Crippen LogP contribution in [-0.2, 0) is 23.9 Å². The number of amides is 3. The number of hydrogen-bond donors (Lipinski definition) is 3. The molecular weight excluding hydrogens is 498 g/mol. The minimum Gasteiger partial charge on any atom is -0.507 e. The van der Waals surface area contributed by atoms with Crippen molar-refractivity contribution in [2.24, 2.45) is 0 Å². The van der Waals surface area contributed by atoms with Crippen molar-refractivity contribution in [2.75, 3.05) is 25.7 Å². The number of thioether (sulfide) groups is 1. The first-order valence-electron chi connectivity index (χ1n) is 12.0. The molecule has 0 bridgehead atoms. The Morgan fingerprint density at radius 3 is 2.24 bits per heavy atom. The predicted molar refractivity (Wildman–Crippen MR) is 143 cm³/mol. The maximum atomic E-state index is 14.1. The van der Waals surface area contributed by atoms with Gasteiger partial charge in [0.15, 0.2) is 0 Å². The maximum Gasteiger partial charge on any atom is 0.408 e. The average molecular weight is 540 g/mol. The van der Waals surface area contributed by atoms with Crippen molar-refractivity contribution in [3.63, 3.8) is 0 Å². The Kier molecular flexibility index (Phi) is 11.8. The number of aromatic hydroxyl groups is 1. The normalized spacial score (nSPS) is 13.2. The van der Waals surface area contributed by atoms with Crippen LogP contribution in [0, 0.1) is 6.92 Å². The maximum absolute atomic E-state index is 14.1. The minimum atomic E-state index is -1.31. The van der Waals surface area contributed by atoms with Gasteiger partial charge in [0.2, 0.25) is 11.8 Å². The number of aryl methyl sites for hydroxylation is 1. The van der Waals surface area contributed by atoms with E-state index in [1.165, 1.54) is 23.8 Å². The molecule has 37 heavy (non-hydrogen) atoms. The number of nitrogens with zero attached hydrogens (tertiary/aromatic N) is 1. The smallest absolute Gasteiger partial charge is 0.408 e. The molecule has 0 aliphatic carbocycles. The SMILES string of the molecule is COC(=O)CNC(=O)C(c1cccc(C)c1O)N(C(=O)C(CCSC)NC(=O)OC(C)(C)C)C(C)(C)C. The summed E-state index contributed by atoms with van der Waals surface area (Å²) in [6.45, 7) is 11.7. The van der Waals surface area contributed by atoms with Gasteiger partial charge >= 0.3 is 12.1 Å². The molecule has 2 atom stereocenters. The molecule has 0 fully saturated rings. The van der Waals surface area contributed by atoms with Crippen LogP contribution in [0.3, 0.4) is 0 Å². The number of para-hydroxylation sites is 1. The van der Waals surface area contributed by atoms with Crippen LogP contribution in [0.5, 0.6) is 5.75 Å². The zero-order chi connectivity index (χ0) is 28.6. The first kappa shape index (κ1) is 32.1. The minimum absolute atomic E-state index is 0.150. The molecule has 3 amide bonds. The lowest BCUT2D eigenvalue weighted by Crippen LogP contribution is -2.59. The van der Waals surface area contributed by atoms with Crippen LogP contribution in [0.2, 0.25) is 0 Å². The Bertz CT molecular complexity index is 970. The fraction of sp³-hybridized carbons (Fsp3) is 0.615. The van der Waals surface area contributed by atoms with E-state index >= 15 is 0 Å². The first-order valence-corrected chi connectivity index (χ1v) is 13.4. The molecule has 0 saturated carbocycles. The van der Waals surface area contributed by atoms with Crippen LogP contribution in [0.15, 0.2) is 18.2 Å². The van der Waals surface area contributed by atoms with E-state index in [0.717, 1.165) is 0 Å².